The summed E-state index contributed by atoms with van der Waals surface area (Å²) in [4.78, 5) is 9.69. The first kappa shape index (κ1) is 12.9. The van der Waals surface area contributed by atoms with Crippen molar-refractivity contribution in [3.8, 4) is 0 Å². The van der Waals surface area contributed by atoms with Crippen molar-refractivity contribution >= 4 is 11.4 Å². The number of halogens is 2. The summed E-state index contributed by atoms with van der Waals surface area (Å²) in [5, 5.41) is 13.3. The van der Waals surface area contributed by atoms with Crippen molar-refractivity contribution in [2.75, 3.05) is 5.32 Å². The molecule has 0 atom stereocenters. The topological polar surface area (TPSA) is 55.2 Å². The zero-order valence-corrected chi connectivity index (χ0v) is 9.77. The van der Waals surface area contributed by atoms with Gasteiger partial charge in [0.05, 0.1) is 10.6 Å². The summed E-state index contributed by atoms with van der Waals surface area (Å²) < 4.78 is 26.6. The highest BCUT2D eigenvalue weighted by Crippen LogP contribution is 2.25. The molecule has 0 fully saturated rings. The molecule has 4 nitrogen and oxygen atoms in total. The Morgan fingerprint density at radius 3 is 2.42 bits per heavy atom. The molecule has 2 aromatic rings. The van der Waals surface area contributed by atoms with Gasteiger partial charge in [0.25, 0.3) is 0 Å². The minimum Gasteiger partial charge on any atom is -0.378 e. The van der Waals surface area contributed by atoms with Gasteiger partial charge in [-0.05, 0) is 5.56 Å². The average Bonchev–Trinajstić information content (AvgIpc) is 2.38. The molecule has 98 valence electrons. The SMILES string of the molecule is O=[N+]([O-])c1cc(NCc2ccccc2)c(F)cc1F. The van der Waals surface area contributed by atoms with Gasteiger partial charge in [0.1, 0.15) is 5.82 Å². The Labute approximate surface area is 107 Å². The normalized spacial score (nSPS) is 10.2. The standard InChI is InChI=1S/C13H10F2N2O2/c14-10-6-11(15)13(17(18)19)7-12(10)16-8-9-4-2-1-3-5-9/h1-7,16H,8H2. The molecule has 2 aromatic carbocycles. The number of benzene rings is 2. The summed E-state index contributed by atoms with van der Waals surface area (Å²) in [6.45, 7) is 0.292. The van der Waals surface area contributed by atoms with E-state index >= 15 is 0 Å². The molecular weight excluding hydrogens is 254 g/mol. The summed E-state index contributed by atoms with van der Waals surface area (Å²) in [6, 6.07) is 10.5. The number of hydrogen-bond acceptors (Lipinski definition) is 3. The van der Waals surface area contributed by atoms with Gasteiger partial charge in [-0.1, -0.05) is 30.3 Å². The maximum absolute atomic E-state index is 13.5. The molecule has 1 N–H and O–H groups in total. The summed E-state index contributed by atoms with van der Waals surface area (Å²) >= 11 is 0. The third kappa shape index (κ3) is 3.04. The molecule has 0 heterocycles. The lowest BCUT2D eigenvalue weighted by Gasteiger charge is -2.07. The molecule has 6 heteroatoms. The van der Waals surface area contributed by atoms with E-state index in [1.54, 1.807) is 0 Å². The maximum atomic E-state index is 13.5. The molecule has 0 amide bonds. The van der Waals surface area contributed by atoms with Crippen LogP contribution in [-0.2, 0) is 6.54 Å². The van der Waals surface area contributed by atoms with E-state index in [-0.39, 0.29) is 5.69 Å². The molecule has 19 heavy (non-hydrogen) atoms. The number of nitrogens with one attached hydrogen (secondary N) is 1. The van der Waals surface area contributed by atoms with E-state index in [4.69, 9.17) is 0 Å². The summed E-state index contributed by atoms with van der Waals surface area (Å²) in [7, 11) is 0. The van der Waals surface area contributed by atoms with Gasteiger partial charge in [0.2, 0.25) is 5.82 Å². The van der Waals surface area contributed by atoms with E-state index in [0.29, 0.717) is 12.6 Å². The molecule has 0 aliphatic rings. The summed E-state index contributed by atoms with van der Waals surface area (Å²) in [5.41, 5.74) is 0.0304. The third-order valence-electron chi connectivity index (χ3n) is 2.56. The average molecular weight is 264 g/mol. The fourth-order valence-corrected chi connectivity index (χ4v) is 1.61. The van der Waals surface area contributed by atoms with Crippen LogP contribution in [0.1, 0.15) is 5.56 Å². The van der Waals surface area contributed by atoms with Gasteiger partial charge in [-0.2, -0.15) is 4.39 Å². The minimum absolute atomic E-state index is 0.100. The van der Waals surface area contributed by atoms with E-state index in [9.17, 15) is 18.9 Å². The van der Waals surface area contributed by atoms with Gasteiger partial charge in [0.15, 0.2) is 0 Å². The van der Waals surface area contributed by atoms with Crippen molar-refractivity contribution < 1.29 is 13.7 Å². The van der Waals surface area contributed by atoms with Crippen molar-refractivity contribution in [1.82, 2.24) is 0 Å². The highest BCUT2D eigenvalue weighted by Gasteiger charge is 2.18. The Kier molecular flexibility index (Phi) is 3.70. The van der Waals surface area contributed by atoms with Crippen LogP contribution in [0.5, 0.6) is 0 Å². The van der Waals surface area contributed by atoms with Crippen LogP contribution in [0.2, 0.25) is 0 Å². The van der Waals surface area contributed by atoms with Crippen LogP contribution in [0.3, 0.4) is 0 Å². The number of nitrogens with zero attached hydrogens (tertiary/aromatic N) is 1. The zero-order chi connectivity index (χ0) is 13.8. The van der Waals surface area contributed by atoms with Crippen LogP contribution in [0.25, 0.3) is 0 Å². The number of nitro groups is 1. The molecule has 2 rings (SSSR count). The van der Waals surface area contributed by atoms with Gasteiger partial charge in [-0.3, -0.25) is 10.1 Å². The van der Waals surface area contributed by atoms with Gasteiger partial charge >= 0.3 is 5.69 Å². The van der Waals surface area contributed by atoms with Crippen molar-refractivity contribution in [2.45, 2.75) is 6.54 Å². The molecular formula is C13H10F2N2O2. The lowest BCUT2D eigenvalue weighted by atomic mass is 10.2. The van der Waals surface area contributed by atoms with Crippen LogP contribution in [-0.4, -0.2) is 4.92 Å². The molecule has 0 aliphatic carbocycles. The number of hydrogen-bond donors (Lipinski definition) is 1. The van der Waals surface area contributed by atoms with Crippen molar-refractivity contribution in [2.24, 2.45) is 0 Å². The first-order valence-corrected chi connectivity index (χ1v) is 5.49. The molecule has 0 spiro atoms. The quantitative estimate of drug-likeness (QED) is 0.679. The molecule has 0 aliphatic heterocycles. The van der Waals surface area contributed by atoms with E-state index in [1.807, 2.05) is 30.3 Å². The van der Waals surface area contributed by atoms with Crippen LogP contribution < -0.4 is 5.32 Å². The van der Waals surface area contributed by atoms with E-state index < -0.39 is 22.2 Å². The van der Waals surface area contributed by atoms with Crippen molar-refractivity contribution in [3.05, 3.63) is 69.8 Å². The number of rotatable bonds is 4. The van der Waals surface area contributed by atoms with Gasteiger partial charge < -0.3 is 5.32 Å². The fraction of sp³-hybridized carbons (Fsp3) is 0.0769. The highest BCUT2D eigenvalue weighted by molar-refractivity contribution is 5.53. The van der Waals surface area contributed by atoms with Crippen LogP contribution in [0.15, 0.2) is 42.5 Å². The van der Waals surface area contributed by atoms with Crippen LogP contribution in [0, 0.1) is 21.7 Å². The smallest absolute Gasteiger partial charge is 0.307 e. The van der Waals surface area contributed by atoms with E-state index in [1.165, 1.54) is 0 Å². The lowest BCUT2D eigenvalue weighted by Crippen LogP contribution is -2.03. The fourth-order valence-electron chi connectivity index (χ4n) is 1.61. The monoisotopic (exact) mass is 264 g/mol. The Morgan fingerprint density at radius 2 is 1.79 bits per heavy atom. The van der Waals surface area contributed by atoms with Gasteiger partial charge in [-0.25, -0.2) is 4.39 Å². The Balaban J connectivity index is 2.21. The molecule has 0 bridgehead atoms. The molecule has 0 aromatic heterocycles. The van der Waals surface area contributed by atoms with E-state index in [0.717, 1.165) is 11.6 Å². The Morgan fingerprint density at radius 1 is 1.11 bits per heavy atom. The molecule has 0 unspecified atom stereocenters. The lowest BCUT2D eigenvalue weighted by molar-refractivity contribution is -0.387. The van der Waals surface area contributed by atoms with E-state index in [2.05, 4.69) is 5.32 Å². The molecule has 0 saturated heterocycles. The second-order valence-corrected chi connectivity index (χ2v) is 3.88. The summed E-state index contributed by atoms with van der Waals surface area (Å²) in [6.07, 6.45) is 0. The minimum atomic E-state index is -1.19. The predicted octanol–water partition coefficient (Wildman–Crippen LogP) is 3.49. The molecule has 0 radical (unpaired) electrons. The van der Waals surface area contributed by atoms with Gasteiger partial charge in [0, 0.05) is 18.7 Å². The molecule has 0 saturated carbocycles. The van der Waals surface area contributed by atoms with Crippen LogP contribution >= 0.6 is 0 Å². The van der Waals surface area contributed by atoms with Gasteiger partial charge in [-0.15, -0.1) is 0 Å². The number of nitro benzene ring substituents is 1. The zero-order valence-electron chi connectivity index (χ0n) is 9.77. The first-order valence-electron chi connectivity index (χ1n) is 5.49. The van der Waals surface area contributed by atoms with Crippen LogP contribution in [0.4, 0.5) is 20.2 Å². The highest BCUT2D eigenvalue weighted by atomic mass is 19.1. The Hall–Kier alpha value is -2.50. The summed E-state index contributed by atoms with van der Waals surface area (Å²) in [5.74, 6) is -2.05. The third-order valence-corrected chi connectivity index (χ3v) is 2.56. The van der Waals surface area contributed by atoms with Crippen molar-refractivity contribution in [1.29, 1.82) is 0 Å². The Bertz CT molecular complexity index is 603. The second-order valence-electron chi connectivity index (χ2n) is 3.88. The largest absolute Gasteiger partial charge is 0.378 e. The predicted molar refractivity (Wildman–Crippen MR) is 66.8 cm³/mol. The first-order chi connectivity index (χ1) is 9.08. The van der Waals surface area contributed by atoms with Crippen molar-refractivity contribution in [3.63, 3.8) is 0 Å². The maximum Gasteiger partial charge on any atom is 0.307 e. The number of anilines is 1. The second kappa shape index (κ2) is 5.43.